The van der Waals surface area contributed by atoms with Crippen LogP contribution in [0.2, 0.25) is 0 Å². The molecule has 0 aliphatic carbocycles. The molecule has 2 N–H and O–H groups in total. The number of nitrogen functional groups attached to an aromatic ring is 1. The number of hydrogen-bond acceptors (Lipinski definition) is 2. The van der Waals surface area contributed by atoms with Gasteiger partial charge in [0.25, 0.3) is 5.91 Å². The smallest absolute Gasteiger partial charge is 0.254 e. The van der Waals surface area contributed by atoms with Crippen LogP contribution in [0.5, 0.6) is 0 Å². The minimum absolute atomic E-state index is 0.142. The summed E-state index contributed by atoms with van der Waals surface area (Å²) >= 11 is 0. The van der Waals surface area contributed by atoms with Crippen molar-refractivity contribution in [3.05, 3.63) is 29.3 Å². The van der Waals surface area contributed by atoms with Gasteiger partial charge in [0, 0.05) is 24.3 Å². The van der Waals surface area contributed by atoms with E-state index >= 15 is 0 Å². The summed E-state index contributed by atoms with van der Waals surface area (Å²) in [6.07, 6.45) is 4.79. The van der Waals surface area contributed by atoms with Gasteiger partial charge in [0.1, 0.15) is 0 Å². The lowest BCUT2D eigenvalue weighted by Gasteiger charge is -2.14. The number of hydrogen-bond donors (Lipinski definition) is 1. The summed E-state index contributed by atoms with van der Waals surface area (Å²) in [4.78, 5) is 14.0. The van der Waals surface area contributed by atoms with Gasteiger partial charge < -0.3 is 10.6 Å². The highest BCUT2D eigenvalue weighted by Crippen LogP contribution is 2.24. The first-order valence-electron chi connectivity index (χ1n) is 6.40. The van der Waals surface area contributed by atoms with E-state index in [1.165, 1.54) is 19.3 Å². The summed E-state index contributed by atoms with van der Waals surface area (Å²) < 4.78 is 0. The molecule has 0 atom stereocenters. The normalized spacial score (nSPS) is 14.2. The van der Waals surface area contributed by atoms with Gasteiger partial charge in [-0.05, 0) is 24.1 Å². The number of rotatable bonds is 5. The Kier molecular flexibility index (Phi) is 3.67. The molecule has 17 heavy (non-hydrogen) atoms. The summed E-state index contributed by atoms with van der Waals surface area (Å²) in [7, 11) is 0. The Bertz CT molecular complexity index is 415. The van der Waals surface area contributed by atoms with Crippen molar-refractivity contribution in [2.24, 2.45) is 0 Å². The molecule has 1 aromatic rings. The van der Waals surface area contributed by atoms with Gasteiger partial charge in [0.05, 0.1) is 0 Å². The molecule has 92 valence electrons. The van der Waals surface area contributed by atoms with Gasteiger partial charge in [-0.2, -0.15) is 0 Å². The SMILES string of the molecule is CCCCCCN1Cc2ccc(N)cc2C1=O. The van der Waals surface area contributed by atoms with Gasteiger partial charge in [-0.3, -0.25) is 4.79 Å². The van der Waals surface area contributed by atoms with E-state index in [-0.39, 0.29) is 5.91 Å². The second-order valence-corrected chi connectivity index (χ2v) is 4.70. The van der Waals surface area contributed by atoms with Gasteiger partial charge in [0.2, 0.25) is 0 Å². The van der Waals surface area contributed by atoms with E-state index in [0.717, 1.165) is 30.6 Å². The topological polar surface area (TPSA) is 46.3 Å². The van der Waals surface area contributed by atoms with Crippen molar-refractivity contribution < 1.29 is 4.79 Å². The highest BCUT2D eigenvalue weighted by atomic mass is 16.2. The van der Waals surface area contributed by atoms with Crippen molar-refractivity contribution in [2.45, 2.75) is 39.2 Å². The number of amides is 1. The van der Waals surface area contributed by atoms with E-state index in [1.54, 1.807) is 6.07 Å². The van der Waals surface area contributed by atoms with Crippen molar-refractivity contribution in [2.75, 3.05) is 12.3 Å². The van der Waals surface area contributed by atoms with Crippen LogP contribution in [0.15, 0.2) is 18.2 Å². The van der Waals surface area contributed by atoms with Crippen molar-refractivity contribution in [1.82, 2.24) is 4.90 Å². The lowest BCUT2D eigenvalue weighted by Crippen LogP contribution is -2.24. The van der Waals surface area contributed by atoms with Crippen LogP contribution in [0.25, 0.3) is 0 Å². The van der Waals surface area contributed by atoms with Gasteiger partial charge in [-0.25, -0.2) is 0 Å². The Morgan fingerprint density at radius 3 is 2.88 bits per heavy atom. The van der Waals surface area contributed by atoms with E-state index < -0.39 is 0 Å². The van der Waals surface area contributed by atoms with Crippen molar-refractivity contribution in [3.8, 4) is 0 Å². The fourth-order valence-electron chi connectivity index (χ4n) is 2.29. The number of nitrogens with two attached hydrogens (primary N) is 1. The molecular weight excluding hydrogens is 212 g/mol. The Hall–Kier alpha value is -1.51. The zero-order valence-electron chi connectivity index (χ0n) is 10.4. The lowest BCUT2D eigenvalue weighted by atomic mass is 10.1. The molecule has 0 aromatic heterocycles. The molecule has 1 amide bonds. The molecule has 1 aliphatic rings. The zero-order valence-corrected chi connectivity index (χ0v) is 10.4. The van der Waals surface area contributed by atoms with Gasteiger partial charge in [-0.15, -0.1) is 0 Å². The van der Waals surface area contributed by atoms with Crippen LogP contribution in [-0.4, -0.2) is 17.4 Å². The largest absolute Gasteiger partial charge is 0.399 e. The monoisotopic (exact) mass is 232 g/mol. The summed E-state index contributed by atoms with van der Waals surface area (Å²) in [6, 6.07) is 5.63. The quantitative estimate of drug-likeness (QED) is 0.626. The van der Waals surface area contributed by atoms with Gasteiger partial charge in [-0.1, -0.05) is 32.3 Å². The average molecular weight is 232 g/mol. The number of carbonyl (C=O) groups excluding carboxylic acids is 1. The maximum Gasteiger partial charge on any atom is 0.254 e. The summed E-state index contributed by atoms with van der Waals surface area (Å²) in [5.41, 5.74) is 8.28. The third-order valence-corrected chi connectivity index (χ3v) is 3.29. The first-order chi connectivity index (χ1) is 8.22. The fourth-order valence-corrected chi connectivity index (χ4v) is 2.29. The predicted molar refractivity (Wildman–Crippen MR) is 69.7 cm³/mol. The molecular formula is C14H20N2O. The van der Waals surface area contributed by atoms with E-state index in [0.29, 0.717) is 5.69 Å². The van der Waals surface area contributed by atoms with Crippen LogP contribution < -0.4 is 5.73 Å². The predicted octanol–water partition coefficient (Wildman–Crippen LogP) is 2.80. The Labute approximate surface area is 103 Å². The maximum atomic E-state index is 12.1. The van der Waals surface area contributed by atoms with E-state index in [9.17, 15) is 4.79 Å². The fraction of sp³-hybridized carbons (Fsp3) is 0.500. The number of nitrogens with zero attached hydrogens (tertiary/aromatic N) is 1. The second-order valence-electron chi connectivity index (χ2n) is 4.70. The summed E-state index contributed by atoms with van der Waals surface area (Å²) in [6.45, 7) is 3.81. The Balaban J connectivity index is 1.95. The minimum Gasteiger partial charge on any atom is -0.399 e. The van der Waals surface area contributed by atoms with Crippen LogP contribution >= 0.6 is 0 Å². The molecule has 1 aromatic carbocycles. The Morgan fingerprint density at radius 1 is 1.29 bits per heavy atom. The van der Waals surface area contributed by atoms with Crippen LogP contribution in [0.1, 0.15) is 48.5 Å². The highest BCUT2D eigenvalue weighted by molar-refractivity contribution is 5.99. The molecule has 2 rings (SSSR count). The first kappa shape index (κ1) is 12.0. The first-order valence-corrected chi connectivity index (χ1v) is 6.40. The minimum atomic E-state index is 0.142. The molecule has 0 saturated carbocycles. The van der Waals surface area contributed by atoms with Crippen LogP contribution in [0.4, 0.5) is 5.69 Å². The van der Waals surface area contributed by atoms with E-state index in [1.807, 2.05) is 17.0 Å². The lowest BCUT2D eigenvalue weighted by molar-refractivity contribution is 0.0775. The molecule has 3 nitrogen and oxygen atoms in total. The molecule has 0 radical (unpaired) electrons. The number of unbranched alkanes of at least 4 members (excludes halogenated alkanes) is 3. The van der Waals surface area contributed by atoms with Crippen molar-refractivity contribution in [1.29, 1.82) is 0 Å². The standard InChI is InChI=1S/C14H20N2O/c1-2-3-4-5-8-16-10-11-6-7-12(15)9-13(11)14(16)17/h6-7,9H,2-5,8,10,15H2,1H3. The summed E-state index contributed by atoms with van der Waals surface area (Å²) in [5, 5.41) is 0. The molecule has 3 heteroatoms. The summed E-state index contributed by atoms with van der Waals surface area (Å²) in [5.74, 6) is 0.142. The molecule has 0 fully saturated rings. The number of carbonyl (C=O) groups is 1. The molecule has 0 unspecified atom stereocenters. The van der Waals surface area contributed by atoms with Gasteiger partial charge in [0.15, 0.2) is 0 Å². The molecule has 0 bridgehead atoms. The van der Waals surface area contributed by atoms with Crippen LogP contribution in [0.3, 0.4) is 0 Å². The number of benzene rings is 1. The van der Waals surface area contributed by atoms with E-state index in [2.05, 4.69) is 6.92 Å². The van der Waals surface area contributed by atoms with E-state index in [4.69, 9.17) is 5.73 Å². The Morgan fingerprint density at radius 2 is 2.12 bits per heavy atom. The molecule has 1 heterocycles. The molecule has 0 saturated heterocycles. The third-order valence-electron chi connectivity index (χ3n) is 3.29. The van der Waals surface area contributed by atoms with Gasteiger partial charge >= 0.3 is 0 Å². The van der Waals surface area contributed by atoms with Crippen LogP contribution in [0, 0.1) is 0 Å². The zero-order chi connectivity index (χ0) is 12.3. The number of fused-ring (bicyclic) bond motifs is 1. The van der Waals surface area contributed by atoms with Crippen LogP contribution in [-0.2, 0) is 6.54 Å². The second kappa shape index (κ2) is 5.21. The maximum absolute atomic E-state index is 12.1. The molecule has 1 aliphatic heterocycles. The molecule has 0 spiro atoms. The van der Waals surface area contributed by atoms with Crippen molar-refractivity contribution in [3.63, 3.8) is 0 Å². The average Bonchev–Trinajstić information content (AvgIpc) is 2.62. The highest BCUT2D eigenvalue weighted by Gasteiger charge is 2.26. The van der Waals surface area contributed by atoms with Crippen molar-refractivity contribution >= 4 is 11.6 Å². The number of anilines is 1. The third kappa shape index (κ3) is 2.60.